The van der Waals surface area contributed by atoms with Crippen LogP contribution in [0.25, 0.3) is 0 Å². The summed E-state index contributed by atoms with van der Waals surface area (Å²) in [7, 11) is 1.64. The van der Waals surface area contributed by atoms with E-state index in [0.29, 0.717) is 19.5 Å². The van der Waals surface area contributed by atoms with Crippen molar-refractivity contribution in [2.45, 2.75) is 44.7 Å². The zero-order chi connectivity index (χ0) is 18.6. The van der Waals surface area contributed by atoms with Gasteiger partial charge in [0.2, 0.25) is 5.91 Å². The molecule has 6 heteroatoms. The Labute approximate surface area is 160 Å². The Morgan fingerprint density at radius 1 is 1.37 bits per heavy atom. The van der Waals surface area contributed by atoms with Crippen molar-refractivity contribution in [2.75, 3.05) is 20.2 Å². The van der Waals surface area contributed by atoms with Crippen molar-refractivity contribution in [3.8, 4) is 5.75 Å². The molecule has 1 atom stereocenters. The number of benzene rings is 1. The van der Waals surface area contributed by atoms with Crippen molar-refractivity contribution in [2.24, 2.45) is 0 Å². The first-order valence-corrected chi connectivity index (χ1v) is 9.71. The van der Waals surface area contributed by atoms with Crippen LogP contribution in [0.5, 0.6) is 5.75 Å². The van der Waals surface area contributed by atoms with Gasteiger partial charge in [0.1, 0.15) is 11.6 Å². The molecule has 0 spiro atoms. The van der Waals surface area contributed by atoms with E-state index in [9.17, 15) is 4.79 Å². The van der Waals surface area contributed by atoms with E-state index in [4.69, 9.17) is 9.72 Å². The zero-order valence-electron chi connectivity index (χ0n) is 15.8. The van der Waals surface area contributed by atoms with Crippen LogP contribution in [0.15, 0.2) is 30.5 Å². The number of methoxy groups -OCH3 is 1. The number of rotatable bonds is 4. The zero-order valence-corrected chi connectivity index (χ0v) is 15.8. The molecule has 0 aliphatic carbocycles. The molecule has 1 N–H and O–H groups in total. The number of hydrogen-bond donors (Lipinski definition) is 1. The maximum Gasteiger partial charge on any atom is 0.227 e. The summed E-state index contributed by atoms with van der Waals surface area (Å²) >= 11 is 0. The molecule has 4 rings (SSSR count). The smallest absolute Gasteiger partial charge is 0.227 e. The second-order valence-corrected chi connectivity index (χ2v) is 7.30. The van der Waals surface area contributed by atoms with Crippen LogP contribution in [-0.2, 0) is 24.2 Å². The van der Waals surface area contributed by atoms with Gasteiger partial charge in [-0.05, 0) is 37.1 Å². The summed E-state index contributed by atoms with van der Waals surface area (Å²) < 4.78 is 5.24. The van der Waals surface area contributed by atoms with Gasteiger partial charge in [-0.15, -0.1) is 0 Å². The predicted molar refractivity (Wildman–Crippen MR) is 102 cm³/mol. The number of hydrogen-bond acceptors (Lipinski definition) is 5. The minimum absolute atomic E-state index is 0.131. The van der Waals surface area contributed by atoms with E-state index in [0.717, 1.165) is 47.8 Å². The summed E-state index contributed by atoms with van der Waals surface area (Å²) in [6, 6.07) is 7.97. The lowest BCUT2D eigenvalue weighted by Gasteiger charge is -2.29. The van der Waals surface area contributed by atoms with Crippen LogP contribution in [0, 0.1) is 0 Å². The lowest BCUT2D eigenvalue weighted by molar-refractivity contribution is -0.131. The van der Waals surface area contributed by atoms with Gasteiger partial charge in [0.25, 0.3) is 0 Å². The summed E-state index contributed by atoms with van der Waals surface area (Å²) in [4.78, 5) is 24.0. The molecule has 1 amide bonds. The molecule has 2 aromatic rings. The highest BCUT2D eigenvalue weighted by Gasteiger charge is 2.24. The Kier molecular flexibility index (Phi) is 5.34. The highest BCUT2D eigenvalue weighted by molar-refractivity contribution is 5.79. The number of carbonyl (C=O) groups excluding carboxylic acids is 1. The normalized spacial score (nSPS) is 19.4. The van der Waals surface area contributed by atoms with E-state index >= 15 is 0 Å². The fourth-order valence-corrected chi connectivity index (χ4v) is 3.85. The van der Waals surface area contributed by atoms with Crippen LogP contribution in [0.3, 0.4) is 0 Å². The summed E-state index contributed by atoms with van der Waals surface area (Å²) in [6.45, 7) is 2.35. The number of carbonyl (C=O) groups is 1. The molecule has 3 heterocycles. The van der Waals surface area contributed by atoms with Crippen LogP contribution in [0.4, 0.5) is 0 Å². The van der Waals surface area contributed by atoms with E-state index in [1.54, 1.807) is 7.11 Å². The summed E-state index contributed by atoms with van der Waals surface area (Å²) in [5, 5.41) is 3.51. The van der Waals surface area contributed by atoms with Crippen LogP contribution < -0.4 is 10.1 Å². The monoisotopic (exact) mass is 366 g/mol. The predicted octanol–water partition coefficient (Wildman–Crippen LogP) is 2.43. The number of aromatic nitrogens is 2. The van der Waals surface area contributed by atoms with Crippen molar-refractivity contribution in [1.82, 2.24) is 20.2 Å². The van der Waals surface area contributed by atoms with E-state index in [2.05, 4.69) is 10.3 Å². The summed E-state index contributed by atoms with van der Waals surface area (Å²) in [5.74, 6) is 1.82. The van der Waals surface area contributed by atoms with Crippen molar-refractivity contribution in [1.29, 1.82) is 0 Å². The average Bonchev–Trinajstić information content (AvgIpc) is 2.73. The quantitative estimate of drug-likeness (QED) is 0.900. The van der Waals surface area contributed by atoms with Gasteiger partial charge in [0.05, 0.1) is 25.3 Å². The van der Waals surface area contributed by atoms with Gasteiger partial charge >= 0.3 is 0 Å². The van der Waals surface area contributed by atoms with Crippen molar-refractivity contribution in [3.63, 3.8) is 0 Å². The summed E-state index contributed by atoms with van der Waals surface area (Å²) in [5.41, 5.74) is 3.14. The molecule has 1 fully saturated rings. The molecule has 6 nitrogen and oxygen atoms in total. The van der Waals surface area contributed by atoms with Gasteiger partial charge in [-0.1, -0.05) is 18.6 Å². The minimum Gasteiger partial charge on any atom is -0.497 e. The molecular formula is C21H26N4O2. The van der Waals surface area contributed by atoms with Gasteiger partial charge < -0.3 is 15.0 Å². The first-order valence-electron chi connectivity index (χ1n) is 9.71. The number of ether oxygens (including phenoxy) is 1. The maximum atomic E-state index is 12.7. The standard InChI is InChI=1S/C21H26N4O2/c1-27-17-6-4-5-15(11-17)12-20(26)25-10-8-18-16(14-25)13-23-21(24-18)19-7-2-3-9-22-19/h4-6,11,13,19,22H,2-3,7-10,12,14H2,1H3. The van der Waals surface area contributed by atoms with Gasteiger partial charge in [-0.25, -0.2) is 9.97 Å². The van der Waals surface area contributed by atoms with Crippen LogP contribution in [0.2, 0.25) is 0 Å². The van der Waals surface area contributed by atoms with E-state index in [1.807, 2.05) is 35.4 Å². The number of piperidine rings is 1. The molecule has 0 bridgehead atoms. The Bertz CT molecular complexity index is 818. The van der Waals surface area contributed by atoms with E-state index < -0.39 is 0 Å². The third-order valence-corrected chi connectivity index (χ3v) is 5.42. The Morgan fingerprint density at radius 2 is 2.30 bits per heavy atom. The molecule has 0 radical (unpaired) electrons. The largest absolute Gasteiger partial charge is 0.497 e. The number of nitrogens with one attached hydrogen (secondary N) is 1. The summed E-state index contributed by atoms with van der Waals surface area (Å²) in [6.07, 6.45) is 6.65. The van der Waals surface area contributed by atoms with Gasteiger partial charge in [-0.3, -0.25) is 4.79 Å². The van der Waals surface area contributed by atoms with Crippen LogP contribution in [-0.4, -0.2) is 41.0 Å². The molecule has 2 aliphatic rings. The highest BCUT2D eigenvalue weighted by atomic mass is 16.5. The van der Waals surface area contributed by atoms with Gasteiger partial charge in [-0.2, -0.15) is 0 Å². The highest BCUT2D eigenvalue weighted by Crippen LogP contribution is 2.23. The molecular weight excluding hydrogens is 340 g/mol. The fourth-order valence-electron chi connectivity index (χ4n) is 3.85. The Hall–Kier alpha value is -2.47. The van der Waals surface area contributed by atoms with E-state index in [1.165, 1.54) is 12.8 Å². The third-order valence-electron chi connectivity index (χ3n) is 5.42. The third kappa shape index (κ3) is 4.11. The van der Waals surface area contributed by atoms with Gasteiger partial charge in [0, 0.05) is 31.3 Å². The maximum absolute atomic E-state index is 12.7. The first kappa shape index (κ1) is 17.9. The molecule has 1 aromatic heterocycles. The minimum atomic E-state index is 0.131. The van der Waals surface area contributed by atoms with Crippen LogP contribution in [0.1, 0.15) is 47.9 Å². The van der Waals surface area contributed by atoms with Gasteiger partial charge in [0.15, 0.2) is 0 Å². The van der Waals surface area contributed by atoms with Crippen molar-refractivity contribution >= 4 is 5.91 Å². The van der Waals surface area contributed by atoms with Crippen molar-refractivity contribution in [3.05, 3.63) is 53.1 Å². The Morgan fingerprint density at radius 3 is 3.11 bits per heavy atom. The molecule has 1 saturated heterocycles. The molecule has 2 aliphatic heterocycles. The molecule has 1 unspecified atom stereocenters. The average molecular weight is 366 g/mol. The fraction of sp³-hybridized carbons (Fsp3) is 0.476. The second-order valence-electron chi connectivity index (χ2n) is 7.30. The topological polar surface area (TPSA) is 67.3 Å². The first-order chi connectivity index (χ1) is 13.2. The van der Waals surface area contributed by atoms with Crippen LogP contribution >= 0.6 is 0 Å². The number of nitrogens with zero attached hydrogens (tertiary/aromatic N) is 3. The molecule has 142 valence electrons. The molecule has 1 aromatic carbocycles. The number of amides is 1. The SMILES string of the molecule is COc1cccc(CC(=O)N2CCc3nc(C4CCCCN4)ncc3C2)c1. The lowest BCUT2D eigenvalue weighted by atomic mass is 10.0. The molecule has 27 heavy (non-hydrogen) atoms. The van der Waals surface area contributed by atoms with Crippen molar-refractivity contribution < 1.29 is 9.53 Å². The van der Waals surface area contributed by atoms with E-state index in [-0.39, 0.29) is 11.9 Å². The molecule has 0 saturated carbocycles. The Balaban J connectivity index is 1.42. The lowest BCUT2D eigenvalue weighted by Crippen LogP contribution is -2.38. The number of fused-ring (bicyclic) bond motifs is 1. The second kappa shape index (κ2) is 8.05.